The van der Waals surface area contributed by atoms with E-state index >= 15 is 0 Å². The van der Waals surface area contributed by atoms with Crippen LogP contribution in [0, 0.1) is 6.92 Å². The van der Waals surface area contributed by atoms with Gasteiger partial charge in [0.05, 0.1) is 11.4 Å². The molecule has 1 aromatic heterocycles. The van der Waals surface area contributed by atoms with E-state index in [1.54, 1.807) is 10.8 Å². The van der Waals surface area contributed by atoms with E-state index < -0.39 is 5.97 Å². The van der Waals surface area contributed by atoms with E-state index in [2.05, 4.69) is 10.3 Å². The molecule has 100 valence electrons. The summed E-state index contributed by atoms with van der Waals surface area (Å²) < 4.78 is 1.67. The zero-order valence-corrected chi connectivity index (χ0v) is 11.3. The van der Waals surface area contributed by atoms with Gasteiger partial charge in [0, 0.05) is 12.7 Å². The van der Waals surface area contributed by atoms with E-state index in [1.807, 2.05) is 13.8 Å². The Balaban J connectivity index is 2.63. The lowest BCUT2D eigenvalue weighted by Gasteiger charge is -2.06. The molecule has 0 aliphatic carbocycles. The van der Waals surface area contributed by atoms with Crippen molar-refractivity contribution < 1.29 is 14.7 Å². The van der Waals surface area contributed by atoms with Crippen LogP contribution < -0.4 is 5.32 Å². The number of amides is 1. The van der Waals surface area contributed by atoms with Crippen molar-refractivity contribution in [2.75, 3.05) is 12.3 Å². The molecule has 18 heavy (non-hydrogen) atoms. The average molecular weight is 271 g/mol. The summed E-state index contributed by atoms with van der Waals surface area (Å²) in [7, 11) is 0. The number of nitrogens with one attached hydrogen (secondary N) is 1. The highest BCUT2D eigenvalue weighted by Gasteiger charge is 2.11. The maximum atomic E-state index is 11.6. The fourth-order valence-electron chi connectivity index (χ4n) is 1.35. The van der Waals surface area contributed by atoms with E-state index in [9.17, 15) is 9.59 Å². The molecule has 0 atom stereocenters. The van der Waals surface area contributed by atoms with Crippen molar-refractivity contribution in [2.24, 2.45) is 0 Å². The Kier molecular flexibility index (Phi) is 5.70. The van der Waals surface area contributed by atoms with Crippen LogP contribution in [0.25, 0.3) is 0 Å². The van der Waals surface area contributed by atoms with Crippen molar-refractivity contribution in [3.63, 3.8) is 0 Å². The van der Waals surface area contributed by atoms with Gasteiger partial charge in [-0.1, -0.05) is 18.7 Å². The first-order chi connectivity index (χ1) is 8.52. The number of nitrogens with zero attached hydrogens (tertiary/aromatic N) is 2. The lowest BCUT2D eigenvalue weighted by Crippen LogP contribution is -2.28. The average Bonchev–Trinajstić information content (AvgIpc) is 2.64. The Morgan fingerprint density at radius 3 is 2.89 bits per heavy atom. The quantitative estimate of drug-likeness (QED) is 0.720. The Bertz CT molecular complexity index is 431. The van der Waals surface area contributed by atoms with Crippen LogP contribution in [-0.2, 0) is 16.1 Å². The normalized spacial score (nSPS) is 10.3. The second-order valence-electron chi connectivity index (χ2n) is 3.83. The number of aliphatic carboxylic acids is 1. The van der Waals surface area contributed by atoms with Gasteiger partial charge < -0.3 is 15.0 Å². The zero-order valence-electron chi connectivity index (χ0n) is 10.5. The van der Waals surface area contributed by atoms with Crippen molar-refractivity contribution in [2.45, 2.75) is 32.0 Å². The predicted octanol–water partition coefficient (Wildman–Crippen LogP) is 0.894. The first kappa shape index (κ1) is 14.6. The molecule has 0 saturated heterocycles. The van der Waals surface area contributed by atoms with Crippen molar-refractivity contribution >= 4 is 23.6 Å². The molecule has 0 aliphatic rings. The molecule has 1 rings (SSSR count). The van der Waals surface area contributed by atoms with Gasteiger partial charge in [-0.3, -0.25) is 9.59 Å². The number of carboxylic acids is 1. The minimum atomic E-state index is -0.900. The predicted molar refractivity (Wildman–Crippen MR) is 68.6 cm³/mol. The molecule has 0 fully saturated rings. The van der Waals surface area contributed by atoms with Crippen LogP contribution >= 0.6 is 11.8 Å². The Labute approximate surface area is 110 Å². The molecule has 2 N–H and O–H groups in total. The minimum Gasteiger partial charge on any atom is -0.481 e. The number of imidazole rings is 1. The molecule has 0 aromatic carbocycles. The van der Waals surface area contributed by atoms with Gasteiger partial charge in [-0.25, -0.2) is 4.98 Å². The number of hydrogen-bond acceptors (Lipinski definition) is 4. The van der Waals surface area contributed by atoms with Crippen LogP contribution in [0.4, 0.5) is 0 Å². The van der Waals surface area contributed by atoms with Crippen molar-refractivity contribution in [1.82, 2.24) is 14.9 Å². The van der Waals surface area contributed by atoms with Gasteiger partial charge in [-0.2, -0.15) is 0 Å². The van der Waals surface area contributed by atoms with Gasteiger partial charge in [-0.15, -0.1) is 0 Å². The van der Waals surface area contributed by atoms with Gasteiger partial charge in [0.25, 0.3) is 0 Å². The number of hydrogen-bond donors (Lipinski definition) is 2. The van der Waals surface area contributed by atoms with Gasteiger partial charge in [0.1, 0.15) is 6.54 Å². The third-order valence-corrected chi connectivity index (χ3v) is 3.05. The van der Waals surface area contributed by atoms with Gasteiger partial charge in [0.15, 0.2) is 5.16 Å². The van der Waals surface area contributed by atoms with E-state index in [0.717, 1.165) is 23.9 Å². The van der Waals surface area contributed by atoms with Gasteiger partial charge in [0.2, 0.25) is 5.91 Å². The van der Waals surface area contributed by atoms with Crippen LogP contribution in [0.1, 0.15) is 19.0 Å². The molecule has 7 heteroatoms. The number of aryl methyl sites for hydroxylation is 1. The second kappa shape index (κ2) is 7.05. The fourth-order valence-corrected chi connectivity index (χ4v) is 2.10. The molecule has 0 spiro atoms. The van der Waals surface area contributed by atoms with Gasteiger partial charge >= 0.3 is 5.97 Å². The highest BCUT2D eigenvalue weighted by atomic mass is 32.2. The van der Waals surface area contributed by atoms with Gasteiger partial charge in [-0.05, 0) is 13.3 Å². The molecule has 6 nitrogen and oxygen atoms in total. The van der Waals surface area contributed by atoms with E-state index in [1.165, 1.54) is 0 Å². The topological polar surface area (TPSA) is 84.2 Å². The Hall–Kier alpha value is -1.50. The lowest BCUT2D eigenvalue weighted by atomic mass is 10.4. The summed E-state index contributed by atoms with van der Waals surface area (Å²) in [5, 5.41) is 12.0. The maximum Gasteiger partial charge on any atom is 0.313 e. The lowest BCUT2D eigenvalue weighted by molar-refractivity contribution is -0.133. The third-order valence-electron chi connectivity index (χ3n) is 2.07. The largest absolute Gasteiger partial charge is 0.481 e. The molecule has 1 heterocycles. The van der Waals surface area contributed by atoms with E-state index in [0.29, 0.717) is 11.7 Å². The molecule has 0 unspecified atom stereocenters. The number of rotatable bonds is 7. The van der Waals surface area contributed by atoms with Crippen molar-refractivity contribution in [1.29, 1.82) is 0 Å². The first-order valence-corrected chi connectivity index (χ1v) is 6.66. The standard InChI is InChI=1S/C11H17N3O3S/c1-3-4-12-9(15)6-14-5-8(2)13-11(14)18-7-10(16)17/h5H,3-4,6-7H2,1-2H3,(H,12,15)(H,16,17). The molecule has 0 radical (unpaired) electrons. The summed E-state index contributed by atoms with van der Waals surface area (Å²) >= 11 is 1.11. The van der Waals surface area contributed by atoms with Crippen LogP contribution in [0.3, 0.4) is 0 Å². The summed E-state index contributed by atoms with van der Waals surface area (Å²) in [6.07, 6.45) is 2.63. The second-order valence-corrected chi connectivity index (χ2v) is 4.77. The van der Waals surface area contributed by atoms with Crippen molar-refractivity contribution in [3.8, 4) is 0 Å². The maximum absolute atomic E-state index is 11.6. The Morgan fingerprint density at radius 2 is 2.28 bits per heavy atom. The van der Waals surface area contributed by atoms with Crippen molar-refractivity contribution in [3.05, 3.63) is 11.9 Å². The number of carboxylic acid groups (broad SMARTS) is 1. The molecule has 1 aromatic rings. The minimum absolute atomic E-state index is 0.0625. The number of carbonyl (C=O) groups is 2. The first-order valence-electron chi connectivity index (χ1n) is 5.68. The van der Waals surface area contributed by atoms with Crippen LogP contribution in [0.5, 0.6) is 0 Å². The summed E-state index contributed by atoms with van der Waals surface area (Å²) in [5.41, 5.74) is 0.770. The fraction of sp³-hybridized carbons (Fsp3) is 0.545. The molecule has 0 aliphatic heterocycles. The van der Waals surface area contributed by atoms with Crippen LogP contribution in [-0.4, -0.2) is 38.8 Å². The summed E-state index contributed by atoms with van der Waals surface area (Å²) in [6, 6.07) is 0. The van der Waals surface area contributed by atoms with E-state index in [4.69, 9.17) is 5.11 Å². The highest BCUT2D eigenvalue weighted by molar-refractivity contribution is 7.99. The molecule has 0 saturated carbocycles. The zero-order chi connectivity index (χ0) is 13.5. The third kappa shape index (κ3) is 4.79. The monoisotopic (exact) mass is 271 g/mol. The van der Waals surface area contributed by atoms with Crippen LogP contribution in [0.2, 0.25) is 0 Å². The molecular weight excluding hydrogens is 254 g/mol. The summed E-state index contributed by atoms with van der Waals surface area (Å²) in [6.45, 7) is 4.61. The molecule has 0 bridgehead atoms. The highest BCUT2D eigenvalue weighted by Crippen LogP contribution is 2.17. The number of carbonyl (C=O) groups excluding carboxylic acids is 1. The molecule has 1 amide bonds. The van der Waals surface area contributed by atoms with E-state index in [-0.39, 0.29) is 18.2 Å². The molecular formula is C11H17N3O3S. The Morgan fingerprint density at radius 1 is 1.56 bits per heavy atom. The number of aromatic nitrogens is 2. The number of thioether (sulfide) groups is 1. The summed E-state index contributed by atoms with van der Waals surface area (Å²) in [4.78, 5) is 26.3. The SMILES string of the molecule is CCCNC(=O)Cn1cc(C)nc1SCC(=O)O. The summed E-state index contributed by atoms with van der Waals surface area (Å²) in [5.74, 6) is -1.05. The smallest absolute Gasteiger partial charge is 0.313 e. The van der Waals surface area contributed by atoms with Crippen LogP contribution in [0.15, 0.2) is 11.4 Å².